The largest absolute Gasteiger partial charge is 0.480 e. The van der Waals surface area contributed by atoms with E-state index >= 15 is 0 Å². The molecule has 104 valence electrons. The molecule has 19 heavy (non-hydrogen) atoms. The zero-order valence-corrected chi connectivity index (χ0v) is 11.5. The number of nitrogens with zero attached hydrogens (tertiary/aromatic N) is 1. The first-order valence-electron chi connectivity index (χ1n) is 6.02. The Morgan fingerprint density at radius 3 is 2.47 bits per heavy atom. The van der Waals surface area contributed by atoms with E-state index in [4.69, 9.17) is 16.7 Å². The molecule has 1 rings (SSSR count). The fourth-order valence-electron chi connectivity index (χ4n) is 1.62. The zero-order valence-electron chi connectivity index (χ0n) is 10.7. The van der Waals surface area contributed by atoms with Gasteiger partial charge in [0.1, 0.15) is 6.54 Å². The summed E-state index contributed by atoms with van der Waals surface area (Å²) < 4.78 is 0. The summed E-state index contributed by atoms with van der Waals surface area (Å²) >= 11 is 5.82. The second-order valence-electron chi connectivity index (χ2n) is 4.07. The quantitative estimate of drug-likeness (QED) is 0.800. The Balaban J connectivity index is 2.64. The van der Waals surface area contributed by atoms with Crippen LogP contribution in [-0.4, -0.2) is 36.6 Å². The van der Waals surface area contributed by atoms with Crippen LogP contribution in [0.25, 0.3) is 0 Å². The summed E-state index contributed by atoms with van der Waals surface area (Å²) in [4.78, 5) is 23.9. The van der Waals surface area contributed by atoms with Gasteiger partial charge in [-0.2, -0.15) is 0 Å². The number of hydrogen-bond acceptors (Lipinski definition) is 3. The van der Waals surface area contributed by atoms with Crippen molar-refractivity contribution in [3.63, 3.8) is 0 Å². The van der Waals surface area contributed by atoms with E-state index in [-0.39, 0.29) is 19.0 Å². The summed E-state index contributed by atoms with van der Waals surface area (Å²) in [6.45, 7) is 2.49. The molecule has 6 heteroatoms. The Hall–Kier alpha value is -1.75. The van der Waals surface area contributed by atoms with Crippen LogP contribution in [-0.2, 0) is 9.59 Å². The number of nitrogens with one attached hydrogen (secondary N) is 1. The molecule has 0 fully saturated rings. The second kappa shape index (κ2) is 7.63. The highest BCUT2D eigenvalue weighted by molar-refractivity contribution is 6.30. The number of hydrogen-bond donors (Lipinski definition) is 2. The smallest absolute Gasteiger partial charge is 0.322 e. The number of rotatable bonds is 7. The molecule has 0 saturated heterocycles. The first-order valence-corrected chi connectivity index (χ1v) is 6.39. The molecule has 1 aromatic carbocycles. The van der Waals surface area contributed by atoms with Crippen LogP contribution in [0.5, 0.6) is 0 Å². The van der Waals surface area contributed by atoms with Gasteiger partial charge in [-0.25, -0.2) is 0 Å². The van der Waals surface area contributed by atoms with Crippen molar-refractivity contribution in [1.82, 2.24) is 5.32 Å². The summed E-state index contributed by atoms with van der Waals surface area (Å²) in [6.07, 6.45) is 0.884. The van der Waals surface area contributed by atoms with E-state index in [0.717, 1.165) is 12.1 Å². The Kier molecular flexibility index (Phi) is 6.15. The van der Waals surface area contributed by atoms with Crippen molar-refractivity contribution in [2.45, 2.75) is 13.3 Å². The van der Waals surface area contributed by atoms with Gasteiger partial charge in [-0.05, 0) is 30.7 Å². The minimum Gasteiger partial charge on any atom is -0.480 e. The molecule has 0 radical (unpaired) electrons. The lowest BCUT2D eigenvalue weighted by molar-refractivity contribution is -0.137. The topological polar surface area (TPSA) is 69.6 Å². The number of carboxylic acids is 1. The zero-order chi connectivity index (χ0) is 14.3. The SMILES string of the molecule is CCCN(CC(=O)NCC(=O)O)c1ccc(Cl)cc1. The highest BCUT2D eigenvalue weighted by Gasteiger charge is 2.11. The van der Waals surface area contributed by atoms with E-state index in [1.165, 1.54) is 0 Å². The van der Waals surface area contributed by atoms with Gasteiger partial charge in [0.2, 0.25) is 5.91 Å². The van der Waals surface area contributed by atoms with Crippen LogP contribution in [0.1, 0.15) is 13.3 Å². The van der Waals surface area contributed by atoms with Crippen LogP contribution in [0.15, 0.2) is 24.3 Å². The number of carbonyl (C=O) groups is 2. The molecular weight excluding hydrogens is 268 g/mol. The van der Waals surface area contributed by atoms with E-state index in [9.17, 15) is 9.59 Å². The molecular formula is C13H17ClN2O3. The van der Waals surface area contributed by atoms with Crippen LogP contribution < -0.4 is 10.2 Å². The van der Waals surface area contributed by atoms with E-state index in [0.29, 0.717) is 11.6 Å². The molecule has 0 aliphatic rings. The van der Waals surface area contributed by atoms with Crippen LogP contribution >= 0.6 is 11.6 Å². The van der Waals surface area contributed by atoms with Crippen molar-refractivity contribution in [1.29, 1.82) is 0 Å². The van der Waals surface area contributed by atoms with Crippen molar-refractivity contribution in [2.75, 3.05) is 24.5 Å². The maximum absolute atomic E-state index is 11.6. The third-order valence-corrected chi connectivity index (χ3v) is 2.71. The molecule has 1 amide bonds. The maximum Gasteiger partial charge on any atom is 0.322 e. The van der Waals surface area contributed by atoms with Gasteiger partial charge in [-0.3, -0.25) is 9.59 Å². The van der Waals surface area contributed by atoms with Gasteiger partial charge in [0.15, 0.2) is 0 Å². The lowest BCUT2D eigenvalue weighted by Crippen LogP contribution is -2.39. The Bertz CT molecular complexity index is 434. The van der Waals surface area contributed by atoms with Gasteiger partial charge in [-0.1, -0.05) is 18.5 Å². The van der Waals surface area contributed by atoms with Gasteiger partial charge < -0.3 is 15.3 Å². The van der Waals surface area contributed by atoms with Gasteiger partial charge >= 0.3 is 5.97 Å². The fraction of sp³-hybridized carbons (Fsp3) is 0.385. The lowest BCUT2D eigenvalue weighted by Gasteiger charge is -2.23. The number of benzene rings is 1. The third-order valence-electron chi connectivity index (χ3n) is 2.46. The number of carbonyl (C=O) groups excluding carboxylic acids is 1. The van der Waals surface area contributed by atoms with Crippen LogP contribution in [0.4, 0.5) is 5.69 Å². The van der Waals surface area contributed by atoms with E-state index in [1.54, 1.807) is 12.1 Å². The molecule has 0 saturated carbocycles. The summed E-state index contributed by atoms with van der Waals surface area (Å²) in [5.41, 5.74) is 0.886. The average molecular weight is 285 g/mol. The average Bonchev–Trinajstić information content (AvgIpc) is 2.37. The fourth-order valence-corrected chi connectivity index (χ4v) is 1.75. The normalized spacial score (nSPS) is 10.0. The molecule has 0 atom stereocenters. The highest BCUT2D eigenvalue weighted by atomic mass is 35.5. The van der Waals surface area contributed by atoms with Crippen molar-refractivity contribution < 1.29 is 14.7 Å². The molecule has 2 N–H and O–H groups in total. The number of carboxylic acid groups (broad SMARTS) is 1. The minimum absolute atomic E-state index is 0.128. The third kappa shape index (κ3) is 5.61. The molecule has 1 aromatic rings. The molecule has 0 spiro atoms. The highest BCUT2D eigenvalue weighted by Crippen LogP contribution is 2.17. The molecule has 0 unspecified atom stereocenters. The number of aliphatic carboxylic acids is 1. The van der Waals surface area contributed by atoms with Gasteiger partial charge in [0.25, 0.3) is 0 Å². The number of amides is 1. The number of anilines is 1. The van der Waals surface area contributed by atoms with Crippen molar-refractivity contribution in [2.24, 2.45) is 0 Å². The van der Waals surface area contributed by atoms with Crippen LogP contribution in [0.2, 0.25) is 5.02 Å². The van der Waals surface area contributed by atoms with Crippen molar-refractivity contribution >= 4 is 29.2 Å². The molecule has 0 aromatic heterocycles. The number of halogens is 1. The minimum atomic E-state index is -1.05. The van der Waals surface area contributed by atoms with E-state index < -0.39 is 5.97 Å². The van der Waals surface area contributed by atoms with Gasteiger partial charge in [0.05, 0.1) is 6.54 Å². The van der Waals surface area contributed by atoms with E-state index in [2.05, 4.69) is 5.32 Å². The predicted octanol–water partition coefficient (Wildman–Crippen LogP) is 1.76. The summed E-state index contributed by atoms with van der Waals surface area (Å²) in [5, 5.41) is 11.5. The Morgan fingerprint density at radius 1 is 1.32 bits per heavy atom. The Labute approximate surface area is 117 Å². The van der Waals surface area contributed by atoms with Crippen LogP contribution in [0, 0.1) is 0 Å². The first-order chi connectivity index (χ1) is 9.02. The molecule has 0 aliphatic heterocycles. The predicted molar refractivity (Wildman–Crippen MR) is 74.6 cm³/mol. The van der Waals surface area contributed by atoms with Crippen molar-refractivity contribution in [3.05, 3.63) is 29.3 Å². The Morgan fingerprint density at radius 2 is 1.95 bits per heavy atom. The van der Waals surface area contributed by atoms with Gasteiger partial charge in [-0.15, -0.1) is 0 Å². The lowest BCUT2D eigenvalue weighted by atomic mass is 10.2. The summed E-state index contributed by atoms with van der Waals surface area (Å²) in [5.74, 6) is -1.37. The summed E-state index contributed by atoms with van der Waals surface area (Å²) in [7, 11) is 0. The standard InChI is InChI=1S/C13H17ClN2O3/c1-2-7-16(9-12(17)15-8-13(18)19)11-5-3-10(14)4-6-11/h3-6H,2,7-9H2,1H3,(H,15,17)(H,18,19). The molecule has 0 aliphatic carbocycles. The molecule has 0 bridgehead atoms. The first kappa shape index (κ1) is 15.3. The monoisotopic (exact) mass is 284 g/mol. The second-order valence-corrected chi connectivity index (χ2v) is 4.50. The van der Waals surface area contributed by atoms with Gasteiger partial charge in [0, 0.05) is 17.3 Å². The molecule has 0 heterocycles. The van der Waals surface area contributed by atoms with Crippen LogP contribution in [0.3, 0.4) is 0 Å². The van der Waals surface area contributed by atoms with Crippen molar-refractivity contribution in [3.8, 4) is 0 Å². The van der Waals surface area contributed by atoms with E-state index in [1.807, 2.05) is 24.0 Å². The maximum atomic E-state index is 11.6. The summed E-state index contributed by atoms with van der Waals surface area (Å²) in [6, 6.07) is 7.19. The molecule has 5 nitrogen and oxygen atoms in total.